The van der Waals surface area contributed by atoms with E-state index in [4.69, 9.17) is 46.4 Å². The molecular formula is C13H16Cl4. The van der Waals surface area contributed by atoms with Crippen molar-refractivity contribution < 1.29 is 0 Å². The van der Waals surface area contributed by atoms with Crippen LogP contribution in [0.1, 0.15) is 19.4 Å². The Morgan fingerprint density at radius 3 is 2.18 bits per heavy atom. The normalized spacial score (nSPS) is 12.2. The molecule has 4 heteroatoms. The van der Waals surface area contributed by atoms with Crippen LogP contribution in [-0.2, 0) is 6.42 Å². The zero-order valence-corrected chi connectivity index (χ0v) is 13.0. The molecule has 0 aromatic heterocycles. The van der Waals surface area contributed by atoms with Crippen LogP contribution in [0.15, 0.2) is 18.2 Å². The summed E-state index contributed by atoms with van der Waals surface area (Å²) in [5.41, 5.74) is 0.867. The average molecular weight is 314 g/mol. The van der Waals surface area contributed by atoms with Gasteiger partial charge < -0.3 is 0 Å². The van der Waals surface area contributed by atoms with Crippen LogP contribution in [0.25, 0.3) is 0 Å². The Morgan fingerprint density at radius 2 is 1.71 bits per heavy atom. The van der Waals surface area contributed by atoms with Crippen LogP contribution in [0.4, 0.5) is 0 Å². The molecule has 96 valence electrons. The van der Waals surface area contributed by atoms with Crippen molar-refractivity contribution >= 4 is 46.4 Å². The minimum absolute atomic E-state index is 0.141. The molecule has 0 bridgehead atoms. The molecule has 0 aliphatic heterocycles. The minimum Gasteiger partial charge on any atom is -0.126 e. The van der Waals surface area contributed by atoms with Crippen LogP contribution in [0, 0.1) is 11.3 Å². The topological polar surface area (TPSA) is 0 Å². The molecule has 0 aliphatic carbocycles. The van der Waals surface area contributed by atoms with Gasteiger partial charge in [-0.25, -0.2) is 0 Å². The number of benzene rings is 1. The predicted molar refractivity (Wildman–Crippen MR) is 78.9 cm³/mol. The van der Waals surface area contributed by atoms with E-state index in [1.165, 1.54) is 0 Å². The Balaban J connectivity index is 3.06. The summed E-state index contributed by atoms with van der Waals surface area (Å²) in [5.74, 6) is 1.40. The highest BCUT2D eigenvalue weighted by Crippen LogP contribution is 2.37. The van der Waals surface area contributed by atoms with Crippen LogP contribution in [0.2, 0.25) is 10.0 Å². The second-order valence-electron chi connectivity index (χ2n) is 4.67. The van der Waals surface area contributed by atoms with Gasteiger partial charge in [0.15, 0.2) is 0 Å². The number of rotatable bonds is 5. The van der Waals surface area contributed by atoms with Crippen molar-refractivity contribution in [2.75, 3.05) is 11.8 Å². The molecule has 0 nitrogen and oxygen atoms in total. The highest BCUT2D eigenvalue weighted by molar-refractivity contribution is 6.42. The van der Waals surface area contributed by atoms with E-state index < -0.39 is 0 Å². The summed E-state index contributed by atoms with van der Waals surface area (Å²) in [4.78, 5) is 0. The summed E-state index contributed by atoms with van der Waals surface area (Å²) < 4.78 is 0. The number of hydrogen-bond acceptors (Lipinski definition) is 0. The molecule has 0 amide bonds. The molecule has 0 saturated carbocycles. The summed E-state index contributed by atoms with van der Waals surface area (Å²) in [6, 6.07) is 5.66. The maximum atomic E-state index is 6.20. The summed E-state index contributed by atoms with van der Waals surface area (Å²) in [5, 5.41) is 1.18. The Hall–Kier alpha value is 0.380. The van der Waals surface area contributed by atoms with Gasteiger partial charge in [-0.1, -0.05) is 49.2 Å². The van der Waals surface area contributed by atoms with Gasteiger partial charge in [0.05, 0.1) is 10.0 Å². The molecule has 1 aromatic carbocycles. The van der Waals surface area contributed by atoms with Crippen molar-refractivity contribution in [1.82, 2.24) is 0 Å². The lowest BCUT2D eigenvalue weighted by molar-refractivity contribution is 0.259. The molecule has 0 saturated heterocycles. The van der Waals surface area contributed by atoms with Crippen LogP contribution < -0.4 is 0 Å². The molecule has 0 aliphatic rings. The molecule has 0 N–H and O–H groups in total. The summed E-state index contributed by atoms with van der Waals surface area (Å²) in [7, 11) is 0. The number of alkyl halides is 2. The first-order valence-electron chi connectivity index (χ1n) is 5.51. The maximum absolute atomic E-state index is 6.20. The van der Waals surface area contributed by atoms with E-state index in [1.807, 2.05) is 12.1 Å². The first-order chi connectivity index (χ1) is 7.96. The Morgan fingerprint density at radius 1 is 1.12 bits per heavy atom. The van der Waals surface area contributed by atoms with E-state index in [9.17, 15) is 0 Å². The fraction of sp³-hybridized carbons (Fsp3) is 0.538. The maximum Gasteiger partial charge on any atom is 0.0624 e. The van der Waals surface area contributed by atoms with E-state index in [0.717, 1.165) is 12.0 Å². The molecule has 0 spiro atoms. The van der Waals surface area contributed by atoms with E-state index in [0.29, 0.717) is 27.7 Å². The third-order valence-electron chi connectivity index (χ3n) is 3.33. The SMILES string of the molecule is CC(C)C(CCl)(CCl)Cc1cccc(Cl)c1Cl. The van der Waals surface area contributed by atoms with Gasteiger partial charge in [-0.05, 0) is 24.0 Å². The Bertz CT molecular complexity index is 370. The quantitative estimate of drug-likeness (QED) is 0.616. The zero-order chi connectivity index (χ0) is 13.1. The third kappa shape index (κ3) is 3.44. The van der Waals surface area contributed by atoms with Crippen LogP contribution in [-0.4, -0.2) is 11.8 Å². The van der Waals surface area contributed by atoms with Gasteiger partial charge in [0, 0.05) is 17.2 Å². The smallest absolute Gasteiger partial charge is 0.0624 e. The molecule has 0 atom stereocenters. The second-order valence-corrected chi connectivity index (χ2v) is 5.99. The minimum atomic E-state index is -0.141. The number of hydrogen-bond donors (Lipinski definition) is 0. The van der Waals surface area contributed by atoms with Crippen LogP contribution in [0.5, 0.6) is 0 Å². The highest BCUT2D eigenvalue weighted by Gasteiger charge is 2.33. The van der Waals surface area contributed by atoms with Crippen molar-refractivity contribution in [2.45, 2.75) is 20.3 Å². The van der Waals surface area contributed by atoms with Crippen molar-refractivity contribution in [2.24, 2.45) is 11.3 Å². The van der Waals surface area contributed by atoms with E-state index in [-0.39, 0.29) is 5.41 Å². The lowest BCUT2D eigenvalue weighted by Crippen LogP contribution is -2.34. The Kier molecular flexibility index (Phi) is 5.92. The van der Waals surface area contributed by atoms with Crippen LogP contribution >= 0.6 is 46.4 Å². The predicted octanol–water partition coefficient (Wildman–Crippen LogP) is 5.66. The fourth-order valence-electron chi connectivity index (χ4n) is 1.71. The van der Waals surface area contributed by atoms with Crippen molar-refractivity contribution in [3.8, 4) is 0 Å². The standard InChI is InChI=1S/C13H16Cl4/c1-9(2)13(7-14,8-15)6-10-4-3-5-11(16)12(10)17/h3-5,9H,6-8H2,1-2H3. The van der Waals surface area contributed by atoms with Gasteiger partial charge in [0.2, 0.25) is 0 Å². The molecule has 1 aromatic rings. The zero-order valence-electron chi connectivity index (χ0n) is 9.94. The summed E-state index contributed by atoms with van der Waals surface area (Å²) in [6.45, 7) is 4.26. The molecule has 0 radical (unpaired) electrons. The van der Waals surface area contributed by atoms with Gasteiger partial charge in [0.25, 0.3) is 0 Å². The van der Waals surface area contributed by atoms with Gasteiger partial charge in [-0.15, -0.1) is 23.2 Å². The molecule has 17 heavy (non-hydrogen) atoms. The fourth-order valence-corrected chi connectivity index (χ4v) is 3.19. The van der Waals surface area contributed by atoms with Crippen molar-refractivity contribution in [3.63, 3.8) is 0 Å². The number of halogens is 4. The van der Waals surface area contributed by atoms with E-state index in [1.54, 1.807) is 6.07 Å². The Labute approximate surface area is 123 Å². The molecule has 1 rings (SSSR count). The average Bonchev–Trinajstić information content (AvgIpc) is 2.31. The second kappa shape index (κ2) is 6.52. The van der Waals surface area contributed by atoms with Crippen molar-refractivity contribution in [3.05, 3.63) is 33.8 Å². The monoisotopic (exact) mass is 312 g/mol. The van der Waals surface area contributed by atoms with E-state index in [2.05, 4.69) is 13.8 Å². The van der Waals surface area contributed by atoms with Gasteiger partial charge in [0.1, 0.15) is 0 Å². The lowest BCUT2D eigenvalue weighted by atomic mass is 9.76. The van der Waals surface area contributed by atoms with E-state index >= 15 is 0 Å². The lowest BCUT2D eigenvalue weighted by Gasteiger charge is -2.34. The van der Waals surface area contributed by atoms with Gasteiger partial charge in [-0.2, -0.15) is 0 Å². The molecular weight excluding hydrogens is 298 g/mol. The summed E-state index contributed by atoms with van der Waals surface area (Å²) in [6.07, 6.45) is 0.747. The molecule has 0 unspecified atom stereocenters. The summed E-state index contributed by atoms with van der Waals surface area (Å²) >= 11 is 24.4. The first-order valence-corrected chi connectivity index (χ1v) is 7.34. The molecule has 0 heterocycles. The van der Waals surface area contributed by atoms with Crippen molar-refractivity contribution in [1.29, 1.82) is 0 Å². The molecule has 0 fully saturated rings. The van der Waals surface area contributed by atoms with Gasteiger partial charge >= 0.3 is 0 Å². The third-order valence-corrected chi connectivity index (χ3v) is 5.25. The van der Waals surface area contributed by atoms with Crippen LogP contribution in [0.3, 0.4) is 0 Å². The highest BCUT2D eigenvalue weighted by atomic mass is 35.5. The largest absolute Gasteiger partial charge is 0.126 e. The van der Waals surface area contributed by atoms with Gasteiger partial charge in [-0.3, -0.25) is 0 Å². The first kappa shape index (κ1) is 15.4.